The molecule has 4 nitrogen and oxygen atoms in total. The molecule has 0 aliphatic carbocycles. The average Bonchev–Trinajstić information content (AvgIpc) is 3.39. The molecule has 2 aliphatic rings. The zero-order valence-corrected chi connectivity index (χ0v) is 14.8. The van der Waals surface area contributed by atoms with Gasteiger partial charge >= 0.3 is 0 Å². The Kier molecular flexibility index (Phi) is 3.79. The van der Waals surface area contributed by atoms with Crippen molar-refractivity contribution in [2.75, 3.05) is 24.5 Å². The van der Waals surface area contributed by atoms with Gasteiger partial charge in [0, 0.05) is 31.2 Å². The first-order valence-electron chi connectivity index (χ1n) is 9.32. The number of rotatable bonds is 4. The Morgan fingerprint density at radius 1 is 0.962 bits per heavy atom. The lowest BCUT2D eigenvalue weighted by Gasteiger charge is -2.25. The van der Waals surface area contributed by atoms with Crippen LogP contribution in [0.5, 0.6) is 0 Å². The van der Waals surface area contributed by atoms with E-state index in [4.69, 9.17) is 9.40 Å². The second-order valence-corrected chi connectivity index (χ2v) is 7.53. The fourth-order valence-electron chi connectivity index (χ4n) is 4.57. The van der Waals surface area contributed by atoms with Gasteiger partial charge in [-0.1, -0.05) is 30.3 Å². The first-order chi connectivity index (χ1) is 12.8. The predicted octanol–water partition coefficient (Wildman–Crippen LogP) is 3.84. The van der Waals surface area contributed by atoms with E-state index in [1.165, 1.54) is 16.9 Å². The molecule has 0 radical (unpaired) electrons. The molecule has 26 heavy (non-hydrogen) atoms. The molecule has 1 unspecified atom stereocenters. The summed E-state index contributed by atoms with van der Waals surface area (Å²) in [5.41, 5.74) is 4.07. The maximum atomic E-state index is 5.55. The number of nitrogens with zero attached hydrogens (tertiary/aromatic N) is 3. The first-order valence-corrected chi connectivity index (χ1v) is 9.32. The smallest absolute Gasteiger partial charge is 0.117 e. The molecule has 5 rings (SSSR count). The summed E-state index contributed by atoms with van der Waals surface area (Å²) in [7, 11) is 0. The van der Waals surface area contributed by atoms with Crippen molar-refractivity contribution in [1.29, 1.82) is 0 Å². The summed E-state index contributed by atoms with van der Waals surface area (Å²) >= 11 is 0. The quantitative estimate of drug-likeness (QED) is 0.719. The molecule has 0 saturated carbocycles. The van der Waals surface area contributed by atoms with Crippen molar-refractivity contribution in [3.63, 3.8) is 0 Å². The molecule has 1 fully saturated rings. The summed E-state index contributed by atoms with van der Waals surface area (Å²) in [6, 6.07) is 19.0. The Labute approximate surface area is 154 Å². The zero-order chi connectivity index (χ0) is 17.4. The largest absolute Gasteiger partial charge is 0.468 e. The van der Waals surface area contributed by atoms with E-state index in [0.29, 0.717) is 0 Å². The van der Waals surface area contributed by atoms with Crippen LogP contribution in [0.2, 0.25) is 0 Å². The van der Waals surface area contributed by atoms with Gasteiger partial charge in [0.25, 0.3) is 0 Å². The summed E-state index contributed by atoms with van der Waals surface area (Å²) in [6.45, 7) is 5.01. The van der Waals surface area contributed by atoms with Crippen LogP contribution in [0.1, 0.15) is 23.4 Å². The third-order valence-electron chi connectivity index (χ3n) is 5.73. The number of hydrogen-bond donors (Lipinski definition) is 0. The van der Waals surface area contributed by atoms with Crippen molar-refractivity contribution >= 4 is 5.69 Å². The minimum absolute atomic E-state index is 0.137. The SMILES string of the molecule is c1ccc(CN2CC3(CCN(Cc4ccco4)C3)c3ncccc32)cc1. The van der Waals surface area contributed by atoms with Gasteiger partial charge in [-0.15, -0.1) is 0 Å². The van der Waals surface area contributed by atoms with E-state index in [0.717, 1.165) is 44.9 Å². The Morgan fingerprint density at radius 2 is 1.88 bits per heavy atom. The van der Waals surface area contributed by atoms with E-state index in [1.807, 2.05) is 12.3 Å². The van der Waals surface area contributed by atoms with Crippen LogP contribution in [-0.4, -0.2) is 29.5 Å². The van der Waals surface area contributed by atoms with Gasteiger partial charge in [-0.3, -0.25) is 9.88 Å². The third-order valence-corrected chi connectivity index (χ3v) is 5.73. The molecule has 1 saturated heterocycles. The van der Waals surface area contributed by atoms with Gasteiger partial charge < -0.3 is 9.32 Å². The van der Waals surface area contributed by atoms with Gasteiger partial charge in [-0.05, 0) is 42.8 Å². The van der Waals surface area contributed by atoms with Crippen molar-refractivity contribution in [1.82, 2.24) is 9.88 Å². The normalized spacial score (nSPS) is 22.2. The summed E-state index contributed by atoms with van der Waals surface area (Å²) in [6.07, 6.45) is 4.86. The lowest BCUT2D eigenvalue weighted by molar-refractivity contribution is 0.278. The first kappa shape index (κ1) is 15.6. The molecule has 4 heterocycles. The van der Waals surface area contributed by atoms with Gasteiger partial charge in [0.1, 0.15) is 5.76 Å². The molecule has 1 spiro atoms. The molecule has 2 aliphatic heterocycles. The molecule has 132 valence electrons. The highest BCUT2D eigenvalue weighted by atomic mass is 16.3. The number of hydrogen-bond acceptors (Lipinski definition) is 4. The highest BCUT2D eigenvalue weighted by Crippen LogP contribution is 2.45. The molecule has 3 aromatic rings. The predicted molar refractivity (Wildman–Crippen MR) is 102 cm³/mol. The summed E-state index contributed by atoms with van der Waals surface area (Å²) in [5, 5.41) is 0. The zero-order valence-electron chi connectivity index (χ0n) is 14.8. The van der Waals surface area contributed by atoms with E-state index in [-0.39, 0.29) is 5.41 Å². The van der Waals surface area contributed by atoms with Crippen molar-refractivity contribution in [2.45, 2.75) is 24.9 Å². The maximum absolute atomic E-state index is 5.55. The second kappa shape index (κ2) is 6.29. The fraction of sp³-hybridized carbons (Fsp3) is 0.318. The Balaban J connectivity index is 1.40. The maximum Gasteiger partial charge on any atom is 0.117 e. The lowest BCUT2D eigenvalue weighted by Crippen LogP contribution is -2.36. The van der Waals surface area contributed by atoms with E-state index < -0.39 is 0 Å². The number of anilines is 1. The van der Waals surface area contributed by atoms with Crippen LogP contribution in [0, 0.1) is 0 Å². The second-order valence-electron chi connectivity index (χ2n) is 7.53. The van der Waals surface area contributed by atoms with Crippen molar-refractivity contribution < 1.29 is 4.42 Å². The minimum atomic E-state index is 0.137. The van der Waals surface area contributed by atoms with Crippen LogP contribution < -0.4 is 4.90 Å². The topological polar surface area (TPSA) is 32.5 Å². The van der Waals surface area contributed by atoms with E-state index >= 15 is 0 Å². The van der Waals surface area contributed by atoms with Gasteiger partial charge in [0.05, 0.1) is 24.2 Å². The van der Waals surface area contributed by atoms with Crippen molar-refractivity contribution in [3.05, 3.63) is 84.1 Å². The number of aromatic nitrogens is 1. The van der Waals surface area contributed by atoms with E-state index in [2.05, 4.69) is 58.3 Å². The molecule has 0 bridgehead atoms. The molecule has 2 aromatic heterocycles. The fourth-order valence-corrected chi connectivity index (χ4v) is 4.57. The molecule has 1 atom stereocenters. The van der Waals surface area contributed by atoms with Crippen LogP contribution in [0.3, 0.4) is 0 Å². The van der Waals surface area contributed by atoms with Crippen molar-refractivity contribution in [3.8, 4) is 0 Å². The number of fused-ring (bicyclic) bond motifs is 2. The number of benzene rings is 1. The summed E-state index contributed by atoms with van der Waals surface area (Å²) in [4.78, 5) is 9.84. The third kappa shape index (κ3) is 2.71. The highest BCUT2D eigenvalue weighted by Gasteiger charge is 2.48. The van der Waals surface area contributed by atoms with Crippen LogP contribution in [-0.2, 0) is 18.5 Å². The number of pyridine rings is 1. The molecule has 4 heteroatoms. The molecular formula is C22H23N3O. The molecular weight excluding hydrogens is 322 g/mol. The molecule has 0 amide bonds. The van der Waals surface area contributed by atoms with Crippen LogP contribution in [0.15, 0.2) is 71.5 Å². The Hall–Kier alpha value is -2.59. The van der Waals surface area contributed by atoms with Gasteiger partial charge in [0.15, 0.2) is 0 Å². The van der Waals surface area contributed by atoms with Crippen LogP contribution in [0.4, 0.5) is 5.69 Å². The molecule has 1 aromatic carbocycles. The Bertz CT molecular complexity index is 877. The van der Waals surface area contributed by atoms with Gasteiger partial charge in [-0.2, -0.15) is 0 Å². The molecule has 0 N–H and O–H groups in total. The monoisotopic (exact) mass is 345 g/mol. The highest BCUT2D eigenvalue weighted by molar-refractivity contribution is 5.60. The van der Waals surface area contributed by atoms with Crippen LogP contribution >= 0.6 is 0 Å². The van der Waals surface area contributed by atoms with E-state index in [1.54, 1.807) is 6.26 Å². The summed E-state index contributed by atoms with van der Waals surface area (Å²) < 4.78 is 5.55. The van der Waals surface area contributed by atoms with Crippen molar-refractivity contribution in [2.24, 2.45) is 0 Å². The number of likely N-dealkylation sites (tertiary alicyclic amines) is 1. The van der Waals surface area contributed by atoms with E-state index in [9.17, 15) is 0 Å². The Morgan fingerprint density at radius 3 is 2.73 bits per heavy atom. The summed E-state index contributed by atoms with van der Waals surface area (Å²) in [5.74, 6) is 1.04. The van der Waals surface area contributed by atoms with Crippen LogP contribution in [0.25, 0.3) is 0 Å². The van der Waals surface area contributed by atoms with Gasteiger partial charge in [-0.25, -0.2) is 0 Å². The number of furan rings is 1. The standard InChI is InChI=1S/C22H23N3O/c1-2-6-18(7-3-1)14-25-17-22(21-20(25)9-4-11-23-21)10-12-24(16-22)15-19-8-5-13-26-19/h1-9,11,13H,10,12,14-17H2. The average molecular weight is 345 g/mol. The minimum Gasteiger partial charge on any atom is -0.468 e. The lowest BCUT2D eigenvalue weighted by atomic mass is 9.85. The van der Waals surface area contributed by atoms with Gasteiger partial charge in [0.2, 0.25) is 0 Å².